The van der Waals surface area contributed by atoms with Crippen molar-refractivity contribution in [3.8, 4) is 5.75 Å². The Morgan fingerprint density at radius 2 is 2.12 bits per heavy atom. The molecular formula is C13H18ClNO2. The predicted octanol–water partition coefficient (Wildman–Crippen LogP) is 3.54. The van der Waals surface area contributed by atoms with Crippen LogP contribution in [0.4, 0.5) is 0 Å². The summed E-state index contributed by atoms with van der Waals surface area (Å²) in [5.74, 6) is 1.42. The van der Waals surface area contributed by atoms with E-state index in [1.165, 1.54) is 7.11 Å². The Morgan fingerprint density at radius 3 is 2.71 bits per heavy atom. The zero-order chi connectivity index (χ0) is 12.8. The van der Waals surface area contributed by atoms with E-state index in [9.17, 15) is 0 Å². The van der Waals surface area contributed by atoms with Crippen LogP contribution in [0, 0.1) is 11.3 Å². The predicted molar refractivity (Wildman–Crippen MR) is 70.2 cm³/mol. The van der Waals surface area contributed by atoms with Gasteiger partial charge in [-0.05, 0) is 24.1 Å². The average molecular weight is 256 g/mol. The maximum absolute atomic E-state index is 7.54. The molecular weight excluding hydrogens is 238 g/mol. The van der Waals surface area contributed by atoms with Gasteiger partial charge in [0.2, 0.25) is 0 Å². The Hall–Kier alpha value is -1.22. The minimum atomic E-state index is 0.196. The third-order valence-electron chi connectivity index (χ3n) is 2.19. The van der Waals surface area contributed by atoms with E-state index in [1.54, 1.807) is 6.07 Å². The van der Waals surface area contributed by atoms with E-state index in [0.717, 1.165) is 11.3 Å². The van der Waals surface area contributed by atoms with Gasteiger partial charge in [0.15, 0.2) is 5.90 Å². The fourth-order valence-corrected chi connectivity index (χ4v) is 1.52. The fourth-order valence-electron chi connectivity index (χ4n) is 1.33. The highest BCUT2D eigenvalue weighted by atomic mass is 35.5. The molecule has 0 aromatic heterocycles. The van der Waals surface area contributed by atoms with Gasteiger partial charge in [-0.3, -0.25) is 5.41 Å². The molecule has 0 spiro atoms. The van der Waals surface area contributed by atoms with E-state index in [0.29, 0.717) is 24.0 Å². The smallest absolute Gasteiger partial charge is 0.184 e. The van der Waals surface area contributed by atoms with Crippen molar-refractivity contribution in [2.75, 3.05) is 13.7 Å². The molecule has 1 N–H and O–H groups in total. The van der Waals surface area contributed by atoms with E-state index in [2.05, 4.69) is 13.8 Å². The first kappa shape index (κ1) is 13.8. The third kappa shape index (κ3) is 4.65. The summed E-state index contributed by atoms with van der Waals surface area (Å²) in [6, 6.07) is 5.44. The van der Waals surface area contributed by atoms with Gasteiger partial charge < -0.3 is 9.47 Å². The second-order valence-corrected chi connectivity index (χ2v) is 4.70. The Morgan fingerprint density at radius 1 is 1.41 bits per heavy atom. The Labute approximate surface area is 107 Å². The lowest BCUT2D eigenvalue weighted by molar-refractivity contribution is 0.268. The Bertz CT molecular complexity index is 391. The van der Waals surface area contributed by atoms with Crippen molar-refractivity contribution in [1.29, 1.82) is 5.41 Å². The molecule has 1 rings (SSSR count). The molecule has 0 bridgehead atoms. The molecule has 0 radical (unpaired) electrons. The highest BCUT2D eigenvalue weighted by Gasteiger charge is 2.08. The van der Waals surface area contributed by atoms with Crippen molar-refractivity contribution < 1.29 is 9.47 Å². The number of hydrogen-bond acceptors (Lipinski definition) is 3. The van der Waals surface area contributed by atoms with Crippen LogP contribution in [0.5, 0.6) is 5.75 Å². The van der Waals surface area contributed by atoms with Crippen molar-refractivity contribution in [2.24, 2.45) is 5.92 Å². The summed E-state index contributed by atoms with van der Waals surface area (Å²) < 4.78 is 10.5. The summed E-state index contributed by atoms with van der Waals surface area (Å²) in [4.78, 5) is 0. The van der Waals surface area contributed by atoms with Gasteiger partial charge in [0, 0.05) is 10.6 Å². The summed E-state index contributed by atoms with van der Waals surface area (Å²) >= 11 is 5.94. The quantitative estimate of drug-likeness (QED) is 0.646. The molecule has 0 amide bonds. The van der Waals surface area contributed by atoms with Crippen LogP contribution in [0.1, 0.15) is 19.4 Å². The minimum absolute atomic E-state index is 0.196. The van der Waals surface area contributed by atoms with Crippen molar-refractivity contribution in [1.82, 2.24) is 0 Å². The lowest BCUT2D eigenvalue weighted by atomic mass is 10.1. The number of rotatable bonds is 5. The standard InChI is InChI=1S/C13H18ClNO2/c1-9(2)8-17-12-5-4-11(14)6-10(12)7-13(15)16-3/h4-6,9,15H,7-8H2,1-3H3. The zero-order valence-electron chi connectivity index (χ0n) is 10.4. The molecule has 0 aliphatic heterocycles. The first-order valence-electron chi connectivity index (χ1n) is 5.55. The van der Waals surface area contributed by atoms with E-state index in [-0.39, 0.29) is 5.90 Å². The molecule has 4 heteroatoms. The van der Waals surface area contributed by atoms with Crippen LogP contribution in [0.3, 0.4) is 0 Å². The second kappa shape index (κ2) is 6.50. The summed E-state index contributed by atoms with van der Waals surface area (Å²) in [5, 5.41) is 8.18. The number of benzene rings is 1. The Kier molecular flexibility index (Phi) is 5.29. The molecule has 0 atom stereocenters. The van der Waals surface area contributed by atoms with E-state index in [4.69, 9.17) is 26.5 Å². The lowest BCUT2D eigenvalue weighted by Crippen LogP contribution is -2.09. The molecule has 0 unspecified atom stereocenters. The number of halogens is 1. The van der Waals surface area contributed by atoms with Gasteiger partial charge in [0.1, 0.15) is 5.75 Å². The molecule has 0 aliphatic rings. The number of hydrogen-bond donors (Lipinski definition) is 1. The molecule has 1 aromatic carbocycles. The first-order valence-corrected chi connectivity index (χ1v) is 5.93. The molecule has 0 fully saturated rings. The fraction of sp³-hybridized carbons (Fsp3) is 0.462. The van der Waals surface area contributed by atoms with Crippen LogP contribution in [-0.2, 0) is 11.2 Å². The van der Waals surface area contributed by atoms with Crippen molar-refractivity contribution in [2.45, 2.75) is 20.3 Å². The minimum Gasteiger partial charge on any atom is -0.493 e. The van der Waals surface area contributed by atoms with Crippen molar-refractivity contribution in [3.05, 3.63) is 28.8 Å². The van der Waals surface area contributed by atoms with Crippen molar-refractivity contribution >= 4 is 17.5 Å². The van der Waals surface area contributed by atoms with Crippen molar-refractivity contribution in [3.63, 3.8) is 0 Å². The highest BCUT2D eigenvalue weighted by molar-refractivity contribution is 6.30. The van der Waals surface area contributed by atoms with Crippen LogP contribution >= 0.6 is 11.6 Å². The molecule has 0 saturated heterocycles. The number of nitrogens with one attached hydrogen (secondary N) is 1. The van der Waals surface area contributed by atoms with Crippen LogP contribution < -0.4 is 4.74 Å². The van der Waals surface area contributed by atoms with Crippen LogP contribution in [0.25, 0.3) is 0 Å². The molecule has 0 aliphatic carbocycles. The van der Waals surface area contributed by atoms with Gasteiger partial charge >= 0.3 is 0 Å². The number of ether oxygens (including phenoxy) is 2. The molecule has 0 saturated carbocycles. The van der Waals surface area contributed by atoms with Crippen LogP contribution in [-0.4, -0.2) is 19.6 Å². The maximum atomic E-state index is 7.54. The van der Waals surface area contributed by atoms with Gasteiger partial charge in [0.05, 0.1) is 20.1 Å². The van der Waals surface area contributed by atoms with Gasteiger partial charge in [-0.2, -0.15) is 0 Å². The zero-order valence-corrected chi connectivity index (χ0v) is 11.2. The molecule has 0 heterocycles. The maximum Gasteiger partial charge on any atom is 0.184 e. The van der Waals surface area contributed by atoms with Gasteiger partial charge in [0.25, 0.3) is 0 Å². The lowest BCUT2D eigenvalue weighted by Gasteiger charge is -2.13. The molecule has 17 heavy (non-hydrogen) atoms. The summed E-state index contributed by atoms with van der Waals surface area (Å²) in [6.45, 7) is 4.83. The SMILES string of the molecule is COC(=N)Cc1cc(Cl)ccc1OCC(C)C. The molecule has 94 valence electrons. The largest absolute Gasteiger partial charge is 0.493 e. The first-order chi connectivity index (χ1) is 8.02. The average Bonchev–Trinajstić information content (AvgIpc) is 2.27. The van der Waals surface area contributed by atoms with E-state index in [1.807, 2.05) is 12.1 Å². The van der Waals surface area contributed by atoms with Gasteiger partial charge in [-0.15, -0.1) is 0 Å². The second-order valence-electron chi connectivity index (χ2n) is 4.26. The van der Waals surface area contributed by atoms with E-state index < -0.39 is 0 Å². The third-order valence-corrected chi connectivity index (χ3v) is 2.43. The Balaban J connectivity index is 2.83. The summed E-state index contributed by atoms with van der Waals surface area (Å²) in [5.41, 5.74) is 0.880. The topological polar surface area (TPSA) is 42.3 Å². The highest BCUT2D eigenvalue weighted by Crippen LogP contribution is 2.24. The van der Waals surface area contributed by atoms with E-state index >= 15 is 0 Å². The van der Waals surface area contributed by atoms with Gasteiger partial charge in [-0.25, -0.2) is 0 Å². The monoisotopic (exact) mass is 255 g/mol. The molecule has 1 aromatic rings. The normalized spacial score (nSPS) is 10.4. The summed E-state index contributed by atoms with van der Waals surface area (Å²) in [6.07, 6.45) is 0.393. The summed E-state index contributed by atoms with van der Waals surface area (Å²) in [7, 11) is 1.49. The van der Waals surface area contributed by atoms with Gasteiger partial charge in [-0.1, -0.05) is 25.4 Å². The van der Waals surface area contributed by atoms with Crippen LogP contribution in [0.15, 0.2) is 18.2 Å². The van der Waals surface area contributed by atoms with Crippen LogP contribution in [0.2, 0.25) is 5.02 Å². The number of methoxy groups -OCH3 is 1. The molecule has 3 nitrogen and oxygen atoms in total.